The summed E-state index contributed by atoms with van der Waals surface area (Å²) in [4.78, 5) is 44.1. The number of hydrogen-bond acceptors (Lipinski definition) is 17. The van der Waals surface area contributed by atoms with Crippen molar-refractivity contribution in [1.82, 2.24) is 29.5 Å². The number of nitrogens with one attached hydrogen (secondary N) is 1. The number of nitrogens with zero attached hydrogens (tertiary/aromatic N) is 5. The summed E-state index contributed by atoms with van der Waals surface area (Å²) >= 11 is 4.44. The van der Waals surface area contributed by atoms with E-state index in [1.807, 2.05) is 55.4 Å². The van der Waals surface area contributed by atoms with Gasteiger partial charge >= 0.3 is 32.2 Å². The van der Waals surface area contributed by atoms with Gasteiger partial charge in [-0.3, -0.25) is 23.4 Å². The van der Waals surface area contributed by atoms with Crippen LogP contribution in [0.2, 0.25) is 22.2 Å². The normalized spacial score (nSPS) is 30.8. The lowest BCUT2D eigenvalue weighted by Crippen LogP contribution is -2.62. The third-order valence-corrected chi connectivity index (χ3v) is 22.9. The first-order valence-electron chi connectivity index (χ1n) is 18.7. The zero-order valence-electron chi connectivity index (χ0n) is 32.6. The van der Waals surface area contributed by atoms with Gasteiger partial charge in [0.1, 0.15) is 30.7 Å². The molecule has 2 saturated heterocycles. The number of thiol groups is 1. The number of imidazole rings is 1. The molecule has 0 aromatic carbocycles. The first kappa shape index (κ1) is 43.5. The van der Waals surface area contributed by atoms with Gasteiger partial charge in [0.2, 0.25) is 11.8 Å². The van der Waals surface area contributed by atoms with E-state index < -0.39 is 80.4 Å². The highest BCUT2D eigenvalue weighted by Crippen LogP contribution is 2.59. The summed E-state index contributed by atoms with van der Waals surface area (Å²) in [6, 6.07) is 1.62. The Labute approximate surface area is 333 Å². The summed E-state index contributed by atoms with van der Waals surface area (Å²) in [7, 11) is -10.2. The number of ether oxygens (including phenoxy) is 2. The number of aromatic nitrogens is 6. The molecular formula is C32H53N7O12P2SSi2. The molecule has 2 aliphatic heterocycles. The molecule has 0 spiro atoms. The third-order valence-electron chi connectivity index (χ3n) is 10.7. The zero-order chi connectivity index (χ0) is 40.7. The predicted octanol–water partition coefficient (Wildman–Crippen LogP) is 5.41. The van der Waals surface area contributed by atoms with Crippen LogP contribution in [-0.2, 0) is 40.5 Å². The first-order chi connectivity index (χ1) is 26.3. The van der Waals surface area contributed by atoms with Gasteiger partial charge in [0, 0.05) is 24.6 Å². The quantitative estimate of drug-likeness (QED) is 0.107. The molecule has 2 bridgehead atoms. The maximum Gasteiger partial charge on any atom is 0.386 e. The predicted molar refractivity (Wildman–Crippen MR) is 213 cm³/mol. The maximum atomic E-state index is 14.4. The highest BCUT2D eigenvalue weighted by atomic mass is 32.7. The molecule has 3 aliphatic rings. The van der Waals surface area contributed by atoms with E-state index in [0.717, 1.165) is 0 Å². The highest BCUT2D eigenvalue weighted by Gasteiger charge is 2.60. The Hall–Kier alpha value is -2.05. The smallest absolute Gasteiger partial charge is 0.386 e. The van der Waals surface area contributed by atoms with Crippen LogP contribution in [0.25, 0.3) is 11.2 Å². The second-order valence-electron chi connectivity index (χ2n) is 15.7. The van der Waals surface area contributed by atoms with Crippen LogP contribution >= 0.6 is 27.3 Å². The van der Waals surface area contributed by atoms with Crippen molar-refractivity contribution in [3.8, 4) is 5.88 Å². The van der Waals surface area contributed by atoms with Gasteiger partial charge in [0.15, 0.2) is 17.4 Å². The Morgan fingerprint density at radius 1 is 1.07 bits per heavy atom. The lowest BCUT2D eigenvalue weighted by Gasteiger charge is -2.47. The van der Waals surface area contributed by atoms with Gasteiger partial charge in [-0.1, -0.05) is 67.6 Å². The molecule has 5 heterocycles. The van der Waals surface area contributed by atoms with E-state index in [0.29, 0.717) is 18.7 Å². The molecular weight excluding hydrogens is 825 g/mol. The second-order valence-corrected chi connectivity index (χ2v) is 28.2. The SMILES string of the molecule is CC(C)[Si](O)(O[Si](O[C@H]1[C@H]2OP(=O)(S)OC[C@H]3C[C@@H](Oc4ccncn4)C[C@@H]3O[PH](=O)OC[C@H]1O[C@H]2n1cnc2c(=O)[nH]c(N)nc21)(C(C)C)C(C)C)C(C)C. The van der Waals surface area contributed by atoms with Gasteiger partial charge < -0.3 is 42.1 Å². The van der Waals surface area contributed by atoms with Gasteiger partial charge in [0.05, 0.1) is 25.6 Å². The molecule has 3 aromatic heterocycles. The van der Waals surface area contributed by atoms with Crippen molar-refractivity contribution < 1.29 is 50.0 Å². The summed E-state index contributed by atoms with van der Waals surface area (Å²) in [5, 5.41) is 0. The molecule has 2 unspecified atom stereocenters. The molecule has 312 valence electrons. The lowest BCUT2D eigenvalue weighted by atomic mass is 10.1. The van der Waals surface area contributed by atoms with Gasteiger partial charge in [-0.2, -0.15) is 4.98 Å². The highest BCUT2D eigenvalue weighted by molar-refractivity contribution is 8.44. The number of nitrogens with two attached hydrogens (primary N) is 1. The van der Waals surface area contributed by atoms with Crippen LogP contribution in [0, 0.1) is 5.92 Å². The molecule has 19 nitrogen and oxygen atoms in total. The van der Waals surface area contributed by atoms with E-state index >= 15 is 0 Å². The fourth-order valence-corrected chi connectivity index (χ4v) is 20.0. The number of aromatic amines is 1. The summed E-state index contributed by atoms with van der Waals surface area (Å²) in [6.45, 7) is 10.8. The Morgan fingerprint density at radius 3 is 2.43 bits per heavy atom. The van der Waals surface area contributed by atoms with Crippen LogP contribution in [-0.4, -0.2) is 95.1 Å². The van der Waals surface area contributed by atoms with Crippen LogP contribution in [0.15, 0.2) is 29.7 Å². The number of H-pyrrole nitrogens is 1. The third kappa shape index (κ3) is 9.07. The monoisotopic (exact) mass is 877 g/mol. The van der Waals surface area contributed by atoms with E-state index in [-0.39, 0.29) is 52.5 Å². The van der Waals surface area contributed by atoms with Crippen LogP contribution in [0.5, 0.6) is 5.88 Å². The Morgan fingerprint density at radius 2 is 1.79 bits per heavy atom. The van der Waals surface area contributed by atoms with E-state index in [2.05, 4.69) is 37.2 Å². The van der Waals surface area contributed by atoms with Crippen molar-refractivity contribution in [2.24, 2.45) is 5.92 Å². The molecule has 1 saturated carbocycles. The number of hydrogen-bond donors (Lipinski definition) is 4. The van der Waals surface area contributed by atoms with Crippen LogP contribution < -0.4 is 16.0 Å². The molecule has 4 N–H and O–H groups in total. The van der Waals surface area contributed by atoms with E-state index in [4.69, 9.17) is 41.8 Å². The molecule has 0 amide bonds. The summed E-state index contributed by atoms with van der Waals surface area (Å²) in [5.41, 5.74) is 4.53. The fourth-order valence-electron chi connectivity index (χ4n) is 7.67. The molecule has 3 aromatic rings. The number of nitrogen functional groups attached to an aromatic ring is 1. The average Bonchev–Trinajstić information content (AvgIpc) is 3.80. The number of rotatable bonds is 11. The lowest BCUT2D eigenvalue weighted by molar-refractivity contribution is -0.0486. The first-order valence-corrected chi connectivity index (χ1v) is 26.6. The van der Waals surface area contributed by atoms with Crippen molar-refractivity contribution in [2.75, 3.05) is 18.9 Å². The van der Waals surface area contributed by atoms with Crippen LogP contribution in [0.1, 0.15) is 74.5 Å². The average molecular weight is 878 g/mol. The molecule has 24 heteroatoms. The van der Waals surface area contributed by atoms with Crippen LogP contribution in [0.3, 0.4) is 0 Å². The van der Waals surface area contributed by atoms with Crippen molar-refractivity contribution in [3.05, 3.63) is 35.3 Å². The van der Waals surface area contributed by atoms with Crippen molar-refractivity contribution in [3.63, 3.8) is 0 Å². The number of anilines is 1. The summed E-state index contributed by atoms with van der Waals surface area (Å²) in [6.07, 6.45) is -0.841. The molecule has 9 atom stereocenters. The minimum Gasteiger partial charge on any atom is -0.474 e. The van der Waals surface area contributed by atoms with Crippen molar-refractivity contribution in [1.29, 1.82) is 0 Å². The molecule has 1 aliphatic carbocycles. The Bertz CT molecular complexity index is 1950. The second kappa shape index (κ2) is 17.3. The summed E-state index contributed by atoms with van der Waals surface area (Å²) in [5.74, 6) is -0.258. The molecule has 3 fully saturated rings. The number of fused-ring (bicyclic) bond motifs is 4. The molecule has 56 heavy (non-hydrogen) atoms. The fraction of sp³-hybridized carbons (Fsp3) is 0.719. The molecule has 6 rings (SSSR count). The standard InChI is InChI=1S/C32H53N7O12P2SSi2/c1-17(2)55(43,18(3)4)51-56(19(5)6,20(7)8)50-27-24-14-44-52(41)48-23-12-22(46-25-9-10-34-15-35-25)11-21(23)13-45-53(42,54)49-28(27)31(47-24)39-16-36-26-29(39)37-32(33)38-30(26)40/h9-10,15-24,27-28,31,43,52H,11-14H2,1-8H3,(H,42,54)(H3,33,37,38,40)/t21-,22-,23+,24-,27-,28-,31-,53?/m1/s1. The van der Waals surface area contributed by atoms with Gasteiger partial charge in [-0.25, -0.2) is 19.5 Å². The van der Waals surface area contributed by atoms with Crippen molar-refractivity contribution >= 4 is 61.5 Å². The summed E-state index contributed by atoms with van der Waals surface area (Å²) < 4.78 is 80.6. The zero-order valence-corrected chi connectivity index (χ0v) is 37.4. The van der Waals surface area contributed by atoms with E-state index in [1.165, 1.54) is 17.2 Å². The topological polar surface area (TPSA) is 244 Å². The Balaban J connectivity index is 1.41. The minimum atomic E-state index is -4.30. The van der Waals surface area contributed by atoms with E-state index in [9.17, 15) is 18.7 Å². The van der Waals surface area contributed by atoms with Crippen molar-refractivity contribution in [2.45, 2.75) is 127 Å². The van der Waals surface area contributed by atoms with Gasteiger partial charge in [-0.15, -0.1) is 0 Å². The van der Waals surface area contributed by atoms with Crippen LogP contribution in [0.4, 0.5) is 5.95 Å². The van der Waals surface area contributed by atoms with E-state index in [1.54, 1.807) is 12.3 Å². The maximum absolute atomic E-state index is 14.4. The largest absolute Gasteiger partial charge is 0.474 e. The molecule has 0 radical (unpaired) electrons. The van der Waals surface area contributed by atoms with Gasteiger partial charge in [-0.05, 0) is 28.6 Å². The van der Waals surface area contributed by atoms with Gasteiger partial charge in [0.25, 0.3) is 5.56 Å². The minimum absolute atomic E-state index is 0.0377. The Kier molecular flexibility index (Phi) is 13.4.